The van der Waals surface area contributed by atoms with Gasteiger partial charge in [-0.25, -0.2) is 9.78 Å². The summed E-state index contributed by atoms with van der Waals surface area (Å²) >= 11 is 3.40. The maximum absolute atomic E-state index is 12.2. The van der Waals surface area contributed by atoms with E-state index in [0.29, 0.717) is 5.92 Å². The van der Waals surface area contributed by atoms with Crippen molar-refractivity contribution in [3.05, 3.63) is 22.8 Å². The number of amides is 1. The third-order valence-electron chi connectivity index (χ3n) is 3.79. The number of carbonyl (C=O) groups excluding carboxylic acids is 1. The highest BCUT2D eigenvalue weighted by Gasteiger charge is 2.28. The number of nitrogens with zero attached hydrogens (tertiary/aromatic N) is 3. The highest BCUT2D eigenvalue weighted by Crippen LogP contribution is 2.22. The molecule has 0 aliphatic carbocycles. The van der Waals surface area contributed by atoms with E-state index in [-0.39, 0.29) is 6.09 Å². The Morgan fingerprint density at radius 3 is 2.87 bits per heavy atom. The number of rotatable bonds is 3. The summed E-state index contributed by atoms with van der Waals surface area (Å²) in [6, 6.07) is 5.90. The molecule has 1 amide bonds. The average molecular weight is 384 g/mol. The van der Waals surface area contributed by atoms with Crippen molar-refractivity contribution < 1.29 is 9.53 Å². The van der Waals surface area contributed by atoms with Gasteiger partial charge in [-0.05, 0) is 67.6 Å². The Hall–Kier alpha value is -1.30. The van der Waals surface area contributed by atoms with E-state index < -0.39 is 5.60 Å². The Bertz CT molecular complexity index is 545. The van der Waals surface area contributed by atoms with Crippen LogP contribution in [0.5, 0.6) is 0 Å². The van der Waals surface area contributed by atoms with Crippen LogP contribution >= 0.6 is 15.9 Å². The van der Waals surface area contributed by atoms with E-state index >= 15 is 0 Å². The summed E-state index contributed by atoms with van der Waals surface area (Å²) in [4.78, 5) is 20.7. The molecule has 1 atom stereocenters. The van der Waals surface area contributed by atoms with Gasteiger partial charge in [0.05, 0.1) is 0 Å². The van der Waals surface area contributed by atoms with Crippen molar-refractivity contribution in [2.75, 3.05) is 31.6 Å². The van der Waals surface area contributed by atoms with E-state index in [1.165, 1.54) is 0 Å². The standard InChI is InChI=1S/C17H26BrN3O2/c1-17(2,3)23-16(22)21-10-6-7-13(12-21)11-20(4)15-9-5-8-14(18)19-15/h5,8-9,13H,6-7,10-12H2,1-4H3. The summed E-state index contributed by atoms with van der Waals surface area (Å²) < 4.78 is 6.32. The van der Waals surface area contributed by atoms with Gasteiger partial charge in [-0.3, -0.25) is 0 Å². The number of likely N-dealkylation sites (tertiary alicyclic amines) is 1. The van der Waals surface area contributed by atoms with Gasteiger partial charge in [-0.1, -0.05) is 6.07 Å². The number of halogens is 1. The second-order valence-electron chi connectivity index (χ2n) is 7.13. The first-order chi connectivity index (χ1) is 10.7. The molecule has 0 spiro atoms. The number of carbonyl (C=O) groups is 1. The van der Waals surface area contributed by atoms with Crippen LogP contribution in [0.2, 0.25) is 0 Å². The number of aromatic nitrogens is 1. The second-order valence-corrected chi connectivity index (χ2v) is 7.95. The molecule has 0 saturated carbocycles. The minimum Gasteiger partial charge on any atom is -0.444 e. The zero-order chi connectivity index (χ0) is 17.0. The molecular formula is C17H26BrN3O2. The third-order valence-corrected chi connectivity index (χ3v) is 4.24. The number of hydrogen-bond donors (Lipinski definition) is 0. The molecule has 0 radical (unpaired) electrons. The molecule has 1 aliphatic heterocycles. The quantitative estimate of drug-likeness (QED) is 0.741. The zero-order valence-corrected chi connectivity index (χ0v) is 16.0. The second kappa shape index (κ2) is 7.51. The van der Waals surface area contributed by atoms with Gasteiger partial charge in [0, 0.05) is 26.7 Å². The smallest absolute Gasteiger partial charge is 0.410 e. The fourth-order valence-electron chi connectivity index (χ4n) is 2.80. The van der Waals surface area contributed by atoms with Crippen LogP contribution in [0.25, 0.3) is 0 Å². The normalized spacial score (nSPS) is 18.7. The predicted molar refractivity (Wildman–Crippen MR) is 95.7 cm³/mol. The molecule has 2 heterocycles. The summed E-state index contributed by atoms with van der Waals surface area (Å²) in [5, 5.41) is 0. The lowest BCUT2D eigenvalue weighted by Gasteiger charge is -2.35. The third kappa shape index (κ3) is 5.68. The molecule has 128 valence electrons. The number of hydrogen-bond acceptors (Lipinski definition) is 4. The van der Waals surface area contributed by atoms with Gasteiger partial charge in [0.25, 0.3) is 0 Å². The van der Waals surface area contributed by atoms with Crippen LogP contribution in [0, 0.1) is 5.92 Å². The zero-order valence-electron chi connectivity index (χ0n) is 14.4. The van der Waals surface area contributed by atoms with Gasteiger partial charge in [0.1, 0.15) is 16.0 Å². The van der Waals surface area contributed by atoms with Gasteiger partial charge < -0.3 is 14.5 Å². The van der Waals surface area contributed by atoms with E-state index in [1.807, 2.05) is 50.9 Å². The molecule has 2 rings (SSSR count). The summed E-state index contributed by atoms with van der Waals surface area (Å²) in [5.74, 6) is 1.37. The Balaban J connectivity index is 1.92. The molecule has 1 aliphatic rings. The predicted octanol–water partition coefficient (Wildman–Crippen LogP) is 3.93. The first kappa shape index (κ1) is 18.0. The summed E-state index contributed by atoms with van der Waals surface area (Å²) in [6.45, 7) is 8.11. The van der Waals surface area contributed by atoms with E-state index in [0.717, 1.165) is 42.9 Å². The molecule has 6 heteroatoms. The van der Waals surface area contributed by atoms with E-state index in [4.69, 9.17) is 4.74 Å². The lowest BCUT2D eigenvalue weighted by molar-refractivity contribution is 0.0170. The summed E-state index contributed by atoms with van der Waals surface area (Å²) in [7, 11) is 2.04. The highest BCUT2D eigenvalue weighted by molar-refractivity contribution is 9.10. The molecule has 0 N–H and O–H groups in total. The number of anilines is 1. The van der Waals surface area contributed by atoms with E-state index in [2.05, 4.69) is 25.8 Å². The molecule has 0 aromatic carbocycles. The molecule has 1 aromatic heterocycles. The Labute approximate surface area is 147 Å². The number of ether oxygens (including phenoxy) is 1. The highest BCUT2D eigenvalue weighted by atomic mass is 79.9. The van der Waals surface area contributed by atoms with E-state index in [9.17, 15) is 4.79 Å². The minimum atomic E-state index is -0.443. The van der Waals surface area contributed by atoms with Crippen molar-refractivity contribution in [1.82, 2.24) is 9.88 Å². The minimum absolute atomic E-state index is 0.203. The van der Waals surface area contributed by atoms with Gasteiger partial charge >= 0.3 is 6.09 Å². The fourth-order valence-corrected chi connectivity index (χ4v) is 3.13. The van der Waals surface area contributed by atoms with Crippen LogP contribution in [0.1, 0.15) is 33.6 Å². The summed E-state index contributed by atoms with van der Waals surface area (Å²) in [5.41, 5.74) is -0.443. The van der Waals surface area contributed by atoms with Crippen molar-refractivity contribution in [2.45, 2.75) is 39.2 Å². The SMILES string of the molecule is CN(CC1CCCN(C(=O)OC(C)(C)C)C1)c1cccc(Br)n1. The van der Waals surface area contributed by atoms with Crippen molar-refractivity contribution in [1.29, 1.82) is 0 Å². The van der Waals surface area contributed by atoms with Crippen LogP contribution in [-0.2, 0) is 4.74 Å². The van der Waals surface area contributed by atoms with Crippen molar-refractivity contribution in [2.24, 2.45) is 5.92 Å². The molecule has 1 unspecified atom stereocenters. The monoisotopic (exact) mass is 383 g/mol. The van der Waals surface area contributed by atoms with Gasteiger partial charge in [0.15, 0.2) is 0 Å². The Morgan fingerprint density at radius 2 is 2.22 bits per heavy atom. The summed E-state index contributed by atoms with van der Waals surface area (Å²) in [6.07, 6.45) is 1.94. The fraction of sp³-hybridized carbons (Fsp3) is 0.647. The molecule has 1 saturated heterocycles. The molecule has 5 nitrogen and oxygen atoms in total. The van der Waals surface area contributed by atoms with Crippen LogP contribution in [-0.4, -0.2) is 48.3 Å². The van der Waals surface area contributed by atoms with Crippen LogP contribution < -0.4 is 4.90 Å². The number of piperidine rings is 1. The van der Waals surface area contributed by atoms with Crippen LogP contribution in [0.3, 0.4) is 0 Å². The van der Waals surface area contributed by atoms with Gasteiger partial charge in [0.2, 0.25) is 0 Å². The molecule has 0 bridgehead atoms. The molecule has 1 fully saturated rings. The Morgan fingerprint density at radius 1 is 1.48 bits per heavy atom. The largest absolute Gasteiger partial charge is 0.444 e. The van der Waals surface area contributed by atoms with Crippen molar-refractivity contribution in [3.8, 4) is 0 Å². The van der Waals surface area contributed by atoms with Gasteiger partial charge in [-0.2, -0.15) is 0 Å². The topological polar surface area (TPSA) is 45.7 Å². The van der Waals surface area contributed by atoms with Crippen molar-refractivity contribution >= 4 is 27.8 Å². The van der Waals surface area contributed by atoms with E-state index in [1.54, 1.807) is 0 Å². The molecular weight excluding hydrogens is 358 g/mol. The maximum atomic E-state index is 12.2. The first-order valence-electron chi connectivity index (χ1n) is 8.06. The average Bonchev–Trinajstić information content (AvgIpc) is 2.45. The van der Waals surface area contributed by atoms with Crippen LogP contribution in [0.15, 0.2) is 22.8 Å². The van der Waals surface area contributed by atoms with Gasteiger partial charge in [-0.15, -0.1) is 0 Å². The lowest BCUT2D eigenvalue weighted by Crippen LogP contribution is -2.45. The van der Waals surface area contributed by atoms with Crippen molar-refractivity contribution in [3.63, 3.8) is 0 Å². The molecule has 1 aromatic rings. The first-order valence-corrected chi connectivity index (χ1v) is 8.85. The lowest BCUT2D eigenvalue weighted by atomic mass is 9.98. The Kier molecular flexibility index (Phi) is 5.89. The number of pyridine rings is 1. The van der Waals surface area contributed by atoms with Crippen LogP contribution in [0.4, 0.5) is 10.6 Å². The maximum Gasteiger partial charge on any atom is 0.410 e. The molecule has 23 heavy (non-hydrogen) atoms.